The second kappa shape index (κ2) is 10.0. The highest BCUT2D eigenvalue weighted by atomic mass is 79.9. The van der Waals surface area contributed by atoms with E-state index in [1.165, 1.54) is 0 Å². The minimum Gasteiger partial charge on any atom is -0.493 e. The second-order valence-electron chi connectivity index (χ2n) is 4.99. The Balaban J connectivity index is 2.67. The Kier molecular flexibility index (Phi) is 8.73. The number of ether oxygens (including phenoxy) is 3. The first-order valence-corrected chi connectivity index (χ1v) is 8.19. The lowest BCUT2D eigenvalue weighted by molar-refractivity contribution is 0.144. The van der Waals surface area contributed by atoms with E-state index in [9.17, 15) is 0 Å². The molecule has 0 radical (unpaired) electrons. The van der Waals surface area contributed by atoms with E-state index >= 15 is 0 Å². The smallest absolute Gasteiger partial charge is 0.166 e. The van der Waals surface area contributed by atoms with E-state index in [2.05, 4.69) is 27.3 Å². The highest BCUT2D eigenvalue weighted by Crippen LogP contribution is 2.35. The van der Waals surface area contributed by atoms with Crippen LogP contribution in [0.5, 0.6) is 11.5 Å². The number of hydrogen-bond acceptors (Lipinski definition) is 4. The summed E-state index contributed by atoms with van der Waals surface area (Å²) in [6.07, 6.45) is 1.11. The Hall–Kier alpha value is -0.780. The van der Waals surface area contributed by atoms with Crippen molar-refractivity contribution in [3.8, 4) is 11.5 Å². The maximum Gasteiger partial charge on any atom is 0.166 e. The standard InChI is InChI=1S/C16H26BrNO3/c1-5-20-8-6-7-18-11-13-9-14(17)10-15(19-4)16(13)21-12(2)3/h9-10,12,18H,5-8,11H2,1-4H3. The van der Waals surface area contributed by atoms with Crippen LogP contribution in [0.1, 0.15) is 32.8 Å². The van der Waals surface area contributed by atoms with Gasteiger partial charge in [-0.2, -0.15) is 0 Å². The fraction of sp³-hybridized carbons (Fsp3) is 0.625. The van der Waals surface area contributed by atoms with Crippen LogP contribution in [0.2, 0.25) is 0 Å². The highest BCUT2D eigenvalue weighted by Gasteiger charge is 2.13. The molecule has 0 aromatic heterocycles. The Labute approximate surface area is 136 Å². The van der Waals surface area contributed by atoms with Gasteiger partial charge in [0.05, 0.1) is 13.2 Å². The third-order valence-corrected chi connectivity index (χ3v) is 3.29. The van der Waals surface area contributed by atoms with Gasteiger partial charge in [-0.05, 0) is 45.9 Å². The Bertz CT molecular complexity index is 424. The quantitative estimate of drug-likeness (QED) is 0.645. The lowest BCUT2D eigenvalue weighted by Gasteiger charge is -2.18. The van der Waals surface area contributed by atoms with Gasteiger partial charge in [-0.25, -0.2) is 0 Å². The van der Waals surface area contributed by atoms with Crippen molar-refractivity contribution in [1.29, 1.82) is 0 Å². The summed E-state index contributed by atoms with van der Waals surface area (Å²) in [5, 5.41) is 3.42. The third kappa shape index (κ3) is 6.68. The van der Waals surface area contributed by atoms with Crippen LogP contribution in [0.4, 0.5) is 0 Å². The van der Waals surface area contributed by atoms with Crippen LogP contribution in [-0.2, 0) is 11.3 Å². The molecular weight excluding hydrogens is 334 g/mol. The maximum absolute atomic E-state index is 5.91. The second-order valence-corrected chi connectivity index (χ2v) is 5.91. The van der Waals surface area contributed by atoms with Crippen LogP contribution in [0.25, 0.3) is 0 Å². The molecule has 4 nitrogen and oxygen atoms in total. The van der Waals surface area contributed by atoms with Crippen LogP contribution in [0, 0.1) is 0 Å². The highest BCUT2D eigenvalue weighted by molar-refractivity contribution is 9.10. The molecule has 0 aliphatic rings. The van der Waals surface area contributed by atoms with E-state index in [0.717, 1.165) is 54.3 Å². The monoisotopic (exact) mass is 359 g/mol. The molecule has 1 aromatic carbocycles. The van der Waals surface area contributed by atoms with Crippen molar-refractivity contribution in [1.82, 2.24) is 5.32 Å². The first-order chi connectivity index (χ1) is 10.1. The zero-order chi connectivity index (χ0) is 15.7. The van der Waals surface area contributed by atoms with Gasteiger partial charge in [-0.15, -0.1) is 0 Å². The maximum atomic E-state index is 5.91. The van der Waals surface area contributed by atoms with Gasteiger partial charge in [0.2, 0.25) is 0 Å². The van der Waals surface area contributed by atoms with Gasteiger partial charge in [-0.1, -0.05) is 15.9 Å². The molecule has 0 spiro atoms. The van der Waals surface area contributed by atoms with Crippen molar-refractivity contribution in [2.75, 3.05) is 26.9 Å². The predicted molar refractivity (Wildman–Crippen MR) is 89.3 cm³/mol. The summed E-state index contributed by atoms with van der Waals surface area (Å²) in [5.74, 6) is 1.57. The van der Waals surface area contributed by atoms with Crippen molar-refractivity contribution in [3.63, 3.8) is 0 Å². The summed E-state index contributed by atoms with van der Waals surface area (Å²) in [7, 11) is 1.66. The van der Waals surface area contributed by atoms with Crippen LogP contribution < -0.4 is 14.8 Å². The van der Waals surface area contributed by atoms with Gasteiger partial charge in [0.25, 0.3) is 0 Å². The number of rotatable bonds is 10. The summed E-state index contributed by atoms with van der Waals surface area (Å²) in [6, 6.07) is 3.99. The van der Waals surface area contributed by atoms with Crippen molar-refractivity contribution in [3.05, 3.63) is 22.2 Å². The molecule has 0 aliphatic heterocycles. The van der Waals surface area contributed by atoms with Crippen molar-refractivity contribution < 1.29 is 14.2 Å². The lowest BCUT2D eigenvalue weighted by Crippen LogP contribution is -2.18. The zero-order valence-corrected chi connectivity index (χ0v) is 15.0. The molecule has 1 aromatic rings. The molecule has 120 valence electrons. The molecule has 1 rings (SSSR count). The average molecular weight is 360 g/mol. The van der Waals surface area contributed by atoms with Crippen LogP contribution in [0.15, 0.2) is 16.6 Å². The molecule has 0 amide bonds. The number of halogens is 1. The molecule has 5 heteroatoms. The molecule has 1 N–H and O–H groups in total. The molecule has 0 aliphatic carbocycles. The minimum atomic E-state index is 0.108. The SMILES string of the molecule is CCOCCCNCc1cc(Br)cc(OC)c1OC(C)C. The van der Waals surface area contributed by atoms with E-state index in [1.54, 1.807) is 7.11 Å². The molecule has 0 bridgehead atoms. The molecule has 0 unspecified atom stereocenters. The summed E-state index contributed by atoms with van der Waals surface area (Å²) in [4.78, 5) is 0. The number of benzene rings is 1. The van der Waals surface area contributed by atoms with Gasteiger partial charge in [-0.3, -0.25) is 0 Å². The van der Waals surface area contributed by atoms with Crippen LogP contribution in [0.3, 0.4) is 0 Å². The van der Waals surface area contributed by atoms with E-state index in [1.807, 2.05) is 26.8 Å². The summed E-state index contributed by atoms with van der Waals surface area (Å²) in [6.45, 7) is 9.26. The first-order valence-electron chi connectivity index (χ1n) is 7.40. The van der Waals surface area contributed by atoms with Gasteiger partial charge in [0.1, 0.15) is 0 Å². The van der Waals surface area contributed by atoms with Crippen LogP contribution >= 0.6 is 15.9 Å². The third-order valence-electron chi connectivity index (χ3n) is 2.83. The van der Waals surface area contributed by atoms with Gasteiger partial charge < -0.3 is 19.5 Å². The Morgan fingerprint density at radius 2 is 2.05 bits per heavy atom. The summed E-state index contributed by atoms with van der Waals surface area (Å²) >= 11 is 3.51. The normalized spacial score (nSPS) is 11.0. The zero-order valence-electron chi connectivity index (χ0n) is 13.4. The minimum absolute atomic E-state index is 0.108. The number of hydrogen-bond donors (Lipinski definition) is 1. The average Bonchev–Trinajstić information content (AvgIpc) is 2.44. The molecule has 0 saturated carbocycles. The number of methoxy groups -OCH3 is 1. The molecule has 21 heavy (non-hydrogen) atoms. The molecular formula is C16H26BrNO3. The first kappa shape index (κ1) is 18.3. The van der Waals surface area contributed by atoms with E-state index in [0.29, 0.717) is 0 Å². The van der Waals surface area contributed by atoms with Crippen molar-refractivity contribution in [2.45, 2.75) is 39.8 Å². The Morgan fingerprint density at radius 1 is 1.29 bits per heavy atom. The van der Waals surface area contributed by atoms with E-state index in [4.69, 9.17) is 14.2 Å². The molecule has 0 fully saturated rings. The predicted octanol–water partition coefficient (Wildman–Crippen LogP) is 3.76. The van der Waals surface area contributed by atoms with Gasteiger partial charge in [0.15, 0.2) is 11.5 Å². The largest absolute Gasteiger partial charge is 0.493 e. The van der Waals surface area contributed by atoms with E-state index < -0.39 is 0 Å². The number of nitrogens with one attached hydrogen (secondary N) is 1. The fourth-order valence-corrected chi connectivity index (χ4v) is 2.43. The van der Waals surface area contributed by atoms with Gasteiger partial charge in [0, 0.05) is 29.8 Å². The van der Waals surface area contributed by atoms with Crippen LogP contribution in [-0.4, -0.2) is 33.0 Å². The molecule has 0 atom stereocenters. The van der Waals surface area contributed by atoms with Crippen molar-refractivity contribution >= 4 is 15.9 Å². The molecule has 0 heterocycles. The van der Waals surface area contributed by atoms with Gasteiger partial charge >= 0.3 is 0 Å². The lowest BCUT2D eigenvalue weighted by atomic mass is 10.1. The fourth-order valence-electron chi connectivity index (χ4n) is 1.94. The van der Waals surface area contributed by atoms with Crippen molar-refractivity contribution in [2.24, 2.45) is 0 Å². The summed E-state index contributed by atoms with van der Waals surface area (Å²) in [5.41, 5.74) is 1.09. The molecule has 0 saturated heterocycles. The summed E-state index contributed by atoms with van der Waals surface area (Å²) < 4.78 is 17.6. The topological polar surface area (TPSA) is 39.7 Å². The van der Waals surface area contributed by atoms with E-state index in [-0.39, 0.29) is 6.10 Å². The Morgan fingerprint density at radius 3 is 2.67 bits per heavy atom.